The van der Waals surface area contributed by atoms with Crippen molar-refractivity contribution in [2.24, 2.45) is 0 Å². The molecule has 0 aliphatic rings. The Morgan fingerprint density at radius 3 is 2.55 bits per heavy atom. The van der Waals surface area contributed by atoms with Crippen molar-refractivity contribution in [3.63, 3.8) is 0 Å². The van der Waals surface area contributed by atoms with E-state index in [1.54, 1.807) is 24.3 Å². The summed E-state index contributed by atoms with van der Waals surface area (Å²) in [5.74, 6) is 0. The number of hydrogen-bond donors (Lipinski definition) is 2. The van der Waals surface area contributed by atoms with Gasteiger partial charge >= 0.3 is 0 Å². The molecule has 20 heavy (non-hydrogen) atoms. The number of rotatable bonds is 5. The molecule has 0 spiro atoms. The topological polar surface area (TPSA) is 71.1 Å². The average molecular weight is 311 g/mol. The fourth-order valence-corrected chi connectivity index (χ4v) is 3.96. The molecule has 0 radical (unpaired) electrons. The predicted molar refractivity (Wildman–Crippen MR) is 83.0 cm³/mol. The van der Waals surface area contributed by atoms with E-state index in [9.17, 15) is 8.42 Å². The minimum absolute atomic E-state index is 0.229. The first-order valence-electron chi connectivity index (χ1n) is 6.24. The molecule has 1 aromatic carbocycles. The van der Waals surface area contributed by atoms with Crippen molar-refractivity contribution >= 4 is 32.2 Å². The summed E-state index contributed by atoms with van der Waals surface area (Å²) < 4.78 is 27.4. The molecule has 0 amide bonds. The summed E-state index contributed by atoms with van der Waals surface area (Å²) in [4.78, 5) is 5.44. The second-order valence-electron chi connectivity index (χ2n) is 4.29. The molecule has 0 saturated heterocycles. The molecule has 2 rings (SSSR count). The predicted octanol–water partition coefficient (Wildman–Crippen LogP) is 2.99. The highest BCUT2D eigenvalue weighted by Crippen LogP contribution is 2.27. The van der Waals surface area contributed by atoms with Gasteiger partial charge < -0.3 is 5.32 Å². The summed E-state index contributed by atoms with van der Waals surface area (Å²) in [6.45, 7) is 6.35. The zero-order valence-corrected chi connectivity index (χ0v) is 13.2. The average Bonchev–Trinajstić information content (AvgIpc) is 2.68. The smallest absolute Gasteiger partial charge is 0.265 e. The van der Waals surface area contributed by atoms with Gasteiger partial charge in [-0.15, -0.1) is 11.3 Å². The number of anilines is 2. The molecule has 5 nitrogen and oxygen atoms in total. The molecular formula is C13H17N3O2S2. The number of thiazole rings is 1. The molecule has 0 atom stereocenters. The van der Waals surface area contributed by atoms with Crippen LogP contribution in [0, 0.1) is 13.8 Å². The Kier molecular flexibility index (Phi) is 4.29. The second-order valence-corrected chi connectivity index (χ2v) is 7.15. The van der Waals surface area contributed by atoms with Crippen LogP contribution in [0.1, 0.15) is 17.5 Å². The maximum absolute atomic E-state index is 12.4. The van der Waals surface area contributed by atoms with Gasteiger partial charge in [0.15, 0.2) is 5.13 Å². The van der Waals surface area contributed by atoms with Crippen molar-refractivity contribution in [2.75, 3.05) is 16.6 Å². The lowest BCUT2D eigenvalue weighted by atomic mass is 10.3. The van der Waals surface area contributed by atoms with Crippen molar-refractivity contribution in [2.45, 2.75) is 25.7 Å². The quantitative estimate of drug-likeness (QED) is 0.890. The van der Waals surface area contributed by atoms with Gasteiger partial charge in [0.1, 0.15) is 4.90 Å². The Bertz CT molecular complexity index is 689. The van der Waals surface area contributed by atoms with Crippen LogP contribution in [0.25, 0.3) is 0 Å². The van der Waals surface area contributed by atoms with Crippen LogP contribution in [0.15, 0.2) is 29.2 Å². The number of sulfonamides is 1. The maximum atomic E-state index is 12.4. The van der Waals surface area contributed by atoms with E-state index in [1.807, 2.05) is 20.8 Å². The van der Waals surface area contributed by atoms with E-state index in [0.29, 0.717) is 17.4 Å². The fourth-order valence-electron chi connectivity index (χ4n) is 1.72. The van der Waals surface area contributed by atoms with Crippen LogP contribution in [0.3, 0.4) is 0 Å². The number of nitrogens with one attached hydrogen (secondary N) is 2. The van der Waals surface area contributed by atoms with Crippen molar-refractivity contribution in [1.82, 2.24) is 4.98 Å². The largest absolute Gasteiger partial charge is 0.384 e. The molecule has 0 bridgehead atoms. The Morgan fingerprint density at radius 1 is 1.25 bits per heavy atom. The van der Waals surface area contributed by atoms with Crippen molar-refractivity contribution in [3.05, 3.63) is 34.8 Å². The Balaban J connectivity index is 2.35. The first-order chi connectivity index (χ1) is 9.44. The molecule has 0 aliphatic heterocycles. The Labute approximate surface area is 123 Å². The van der Waals surface area contributed by atoms with Crippen molar-refractivity contribution in [1.29, 1.82) is 0 Å². The third-order valence-corrected chi connectivity index (χ3v) is 5.31. The second kappa shape index (κ2) is 5.80. The van der Waals surface area contributed by atoms with E-state index in [2.05, 4.69) is 15.0 Å². The summed E-state index contributed by atoms with van der Waals surface area (Å²) in [5.41, 5.74) is 1.43. The van der Waals surface area contributed by atoms with E-state index >= 15 is 0 Å². The standard InChI is InChI=1S/C13H17N3O2S2/c1-4-14-11-7-5-6-8-12(11)20(17,18)16-13-15-9(2)10(3)19-13/h5-8,14H,4H2,1-3H3,(H,15,16). The van der Waals surface area contributed by atoms with Crippen LogP contribution in [0.5, 0.6) is 0 Å². The number of aryl methyl sites for hydroxylation is 2. The third-order valence-electron chi connectivity index (χ3n) is 2.79. The van der Waals surface area contributed by atoms with E-state index in [4.69, 9.17) is 0 Å². The number of hydrogen-bond acceptors (Lipinski definition) is 5. The lowest BCUT2D eigenvalue weighted by Crippen LogP contribution is -2.15. The van der Waals surface area contributed by atoms with Crippen molar-refractivity contribution in [3.8, 4) is 0 Å². The summed E-state index contributed by atoms with van der Waals surface area (Å²) in [7, 11) is -3.63. The fraction of sp³-hybridized carbons (Fsp3) is 0.308. The Morgan fingerprint density at radius 2 is 1.95 bits per heavy atom. The molecule has 0 saturated carbocycles. The highest BCUT2D eigenvalue weighted by molar-refractivity contribution is 7.93. The van der Waals surface area contributed by atoms with E-state index < -0.39 is 10.0 Å². The number of para-hydroxylation sites is 1. The van der Waals surface area contributed by atoms with Gasteiger partial charge in [0.2, 0.25) is 0 Å². The summed E-state index contributed by atoms with van der Waals surface area (Å²) in [5, 5.41) is 3.44. The van der Waals surface area contributed by atoms with Gasteiger partial charge in [-0.1, -0.05) is 12.1 Å². The van der Waals surface area contributed by atoms with Crippen LogP contribution in [-0.2, 0) is 10.0 Å². The van der Waals surface area contributed by atoms with Crippen LogP contribution >= 0.6 is 11.3 Å². The van der Waals surface area contributed by atoms with Gasteiger partial charge in [0.05, 0.1) is 11.4 Å². The summed E-state index contributed by atoms with van der Waals surface area (Å²) in [6.07, 6.45) is 0. The van der Waals surface area contributed by atoms with Crippen LogP contribution < -0.4 is 10.0 Å². The SMILES string of the molecule is CCNc1ccccc1S(=O)(=O)Nc1nc(C)c(C)s1. The zero-order valence-electron chi connectivity index (χ0n) is 11.6. The van der Waals surface area contributed by atoms with Gasteiger partial charge in [-0.25, -0.2) is 13.4 Å². The summed E-state index contributed by atoms with van der Waals surface area (Å²) in [6, 6.07) is 6.83. The lowest BCUT2D eigenvalue weighted by Gasteiger charge is -2.11. The van der Waals surface area contributed by atoms with Gasteiger partial charge in [0.25, 0.3) is 10.0 Å². The zero-order chi connectivity index (χ0) is 14.8. The number of nitrogens with zero attached hydrogens (tertiary/aromatic N) is 1. The summed E-state index contributed by atoms with van der Waals surface area (Å²) >= 11 is 1.33. The first kappa shape index (κ1) is 14.8. The third kappa shape index (κ3) is 3.10. The minimum atomic E-state index is -3.63. The van der Waals surface area contributed by atoms with E-state index in [1.165, 1.54) is 11.3 Å². The molecule has 0 fully saturated rings. The lowest BCUT2D eigenvalue weighted by molar-refractivity contribution is 0.601. The molecule has 108 valence electrons. The van der Waals surface area contributed by atoms with Gasteiger partial charge in [-0.2, -0.15) is 0 Å². The van der Waals surface area contributed by atoms with Gasteiger partial charge in [0, 0.05) is 11.4 Å². The molecule has 7 heteroatoms. The van der Waals surface area contributed by atoms with Crippen LogP contribution in [0.2, 0.25) is 0 Å². The monoisotopic (exact) mass is 311 g/mol. The molecule has 2 aromatic rings. The highest BCUT2D eigenvalue weighted by Gasteiger charge is 2.19. The molecular weight excluding hydrogens is 294 g/mol. The van der Waals surface area contributed by atoms with Crippen LogP contribution in [0.4, 0.5) is 10.8 Å². The molecule has 1 aromatic heterocycles. The number of aromatic nitrogens is 1. The van der Waals surface area contributed by atoms with E-state index in [-0.39, 0.29) is 4.90 Å². The molecule has 0 unspecified atom stereocenters. The molecule has 2 N–H and O–H groups in total. The Hall–Kier alpha value is -1.60. The van der Waals surface area contributed by atoms with Crippen LogP contribution in [-0.4, -0.2) is 19.9 Å². The minimum Gasteiger partial charge on any atom is -0.384 e. The maximum Gasteiger partial charge on any atom is 0.265 e. The normalized spacial score (nSPS) is 11.3. The molecule has 0 aliphatic carbocycles. The first-order valence-corrected chi connectivity index (χ1v) is 8.53. The number of benzene rings is 1. The van der Waals surface area contributed by atoms with E-state index in [0.717, 1.165) is 10.6 Å². The van der Waals surface area contributed by atoms with Crippen molar-refractivity contribution < 1.29 is 8.42 Å². The molecule has 1 heterocycles. The van der Waals surface area contributed by atoms with Gasteiger partial charge in [-0.3, -0.25) is 4.72 Å². The highest BCUT2D eigenvalue weighted by atomic mass is 32.2. The van der Waals surface area contributed by atoms with Gasteiger partial charge in [-0.05, 0) is 32.9 Å².